The van der Waals surface area contributed by atoms with Crippen LogP contribution >= 0.6 is 0 Å². The van der Waals surface area contributed by atoms with Gasteiger partial charge in [0.1, 0.15) is 0 Å². The number of fused-ring (bicyclic) bond motifs is 12. The van der Waals surface area contributed by atoms with Crippen LogP contribution in [-0.4, -0.2) is 18.0 Å². The van der Waals surface area contributed by atoms with Crippen LogP contribution in [0.1, 0.15) is 47.2 Å². The van der Waals surface area contributed by atoms with Gasteiger partial charge in [-0.1, -0.05) is 255 Å². The van der Waals surface area contributed by atoms with Crippen LogP contribution in [0.15, 0.2) is 279 Å². The van der Waals surface area contributed by atoms with Crippen LogP contribution in [0.2, 0.25) is 0 Å². The maximum Gasteiger partial charge on any atom is 0.169 e. The second-order valence-corrected chi connectivity index (χ2v) is 22.3. The van der Waals surface area contributed by atoms with Crippen LogP contribution in [0.4, 0.5) is 0 Å². The minimum absolute atomic E-state index is 0.0220. The Morgan fingerprint density at radius 1 is 0.309 bits per heavy atom. The number of benzene rings is 14. The van der Waals surface area contributed by atoms with Gasteiger partial charge in [0.15, 0.2) is 22.6 Å². The zero-order valence-electron chi connectivity index (χ0n) is 45.3. The van der Waals surface area contributed by atoms with Gasteiger partial charge in [-0.2, -0.15) is 0 Å². The van der Waals surface area contributed by atoms with Crippen molar-refractivity contribution in [3.05, 3.63) is 312 Å². The van der Waals surface area contributed by atoms with Crippen LogP contribution in [0, 0.1) is 0 Å². The zero-order valence-corrected chi connectivity index (χ0v) is 45.3. The highest BCUT2D eigenvalue weighted by Gasteiger charge is 2.74. The van der Waals surface area contributed by atoms with Gasteiger partial charge in [0.25, 0.3) is 0 Å². The summed E-state index contributed by atoms with van der Waals surface area (Å²) in [7, 11) is 0. The van der Waals surface area contributed by atoms with Crippen molar-refractivity contribution in [2.24, 2.45) is 0 Å². The van der Waals surface area contributed by atoms with Gasteiger partial charge in [-0.25, -0.2) is 0 Å². The molecule has 4 nitrogen and oxygen atoms in total. The van der Waals surface area contributed by atoms with E-state index in [4.69, 9.17) is 18.9 Å². The van der Waals surface area contributed by atoms with Crippen molar-refractivity contribution in [1.29, 1.82) is 0 Å². The first kappa shape index (κ1) is 49.1. The molecular weight excluding hydrogens is 989 g/mol. The molecule has 0 unspecified atom stereocenters. The fourth-order valence-corrected chi connectivity index (χ4v) is 14.0. The Labute approximate surface area is 471 Å². The molecule has 81 heavy (non-hydrogen) atoms. The third-order valence-electron chi connectivity index (χ3n) is 17.4. The Morgan fingerprint density at radius 3 is 0.827 bits per heavy atom. The Bertz CT molecular complexity index is 4210. The van der Waals surface area contributed by atoms with Gasteiger partial charge in [-0.05, 0) is 158 Å². The van der Waals surface area contributed by atoms with Gasteiger partial charge in [0.2, 0.25) is 0 Å². The highest BCUT2D eigenvalue weighted by Crippen LogP contribution is 2.65. The first-order chi connectivity index (χ1) is 39.9. The molecule has 0 saturated carbocycles. The largest absolute Gasteiger partial charge is 0.357 e. The van der Waals surface area contributed by atoms with E-state index in [1.54, 1.807) is 0 Å². The summed E-state index contributed by atoms with van der Waals surface area (Å²) in [6.07, 6.45) is 0. The average molecular weight is 1050 g/mol. The molecule has 15 rings (SSSR count). The van der Waals surface area contributed by atoms with E-state index in [-0.39, 0.29) is 19.8 Å². The van der Waals surface area contributed by atoms with Crippen molar-refractivity contribution in [2.45, 2.75) is 49.7 Å². The SMILES string of the molecule is CC1(C)OCC(C(OCc2ccccc2)(c2cc3ccccc3c3ccccc23)c2cc3ccccc3c3ccccc23)(C(OCc2ccccc2)(c2cc3ccccc3c3ccccc23)c2cc3ccccc3c3ccccc23)O1. The lowest BCUT2D eigenvalue weighted by molar-refractivity contribution is -0.289. The third kappa shape index (κ3) is 7.67. The minimum Gasteiger partial charge on any atom is -0.357 e. The molecule has 1 aliphatic heterocycles. The van der Waals surface area contributed by atoms with Crippen LogP contribution in [0.25, 0.3) is 86.2 Å². The molecule has 1 aliphatic rings. The molecule has 0 aromatic heterocycles. The van der Waals surface area contributed by atoms with Gasteiger partial charge in [0, 0.05) is 0 Å². The molecule has 390 valence electrons. The molecule has 14 aromatic carbocycles. The molecule has 0 aliphatic carbocycles. The fraction of sp³-hybridized carbons (Fsp3) is 0.117. The van der Waals surface area contributed by atoms with Gasteiger partial charge in [-0.3, -0.25) is 0 Å². The maximum absolute atomic E-state index is 8.70. The van der Waals surface area contributed by atoms with Crippen LogP contribution in [-0.2, 0) is 43.4 Å². The minimum atomic E-state index is -1.71. The molecule has 1 saturated heterocycles. The van der Waals surface area contributed by atoms with E-state index in [9.17, 15) is 0 Å². The first-order valence-corrected chi connectivity index (χ1v) is 28.2. The number of hydrogen-bond donors (Lipinski definition) is 0. The fourth-order valence-electron chi connectivity index (χ4n) is 14.0. The van der Waals surface area contributed by atoms with E-state index in [2.05, 4.69) is 293 Å². The Balaban J connectivity index is 1.25. The molecule has 0 spiro atoms. The van der Waals surface area contributed by atoms with Crippen molar-refractivity contribution in [2.75, 3.05) is 6.61 Å². The summed E-state index contributed by atoms with van der Waals surface area (Å²) in [5.74, 6) is -1.22. The second-order valence-electron chi connectivity index (χ2n) is 22.3. The summed E-state index contributed by atoms with van der Waals surface area (Å²) in [6.45, 7) is 4.54. The van der Waals surface area contributed by atoms with Crippen LogP contribution in [0.5, 0.6) is 0 Å². The number of ether oxygens (including phenoxy) is 4. The van der Waals surface area contributed by atoms with Crippen LogP contribution < -0.4 is 0 Å². The summed E-state index contributed by atoms with van der Waals surface area (Å²) in [5, 5.41) is 17.3. The lowest BCUT2D eigenvalue weighted by atomic mass is 9.58. The molecule has 0 atom stereocenters. The van der Waals surface area contributed by atoms with E-state index in [1.807, 2.05) is 0 Å². The summed E-state index contributed by atoms with van der Waals surface area (Å²) in [6, 6.07) is 101. The summed E-state index contributed by atoms with van der Waals surface area (Å²) >= 11 is 0. The zero-order chi connectivity index (χ0) is 54.2. The second kappa shape index (κ2) is 19.4. The summed E-state index contributed by atoms with van der Waals surface area (Å²) in [4.78, 5) is 0. The first-order valence-electron chi connectivity index (χ1n) is 28.2. The normalized spacial score (nSPS) is 14.5. The molecule has 1 fully saturated rings. The quantitative estimate of drug-likeness (QED) is 0.114. The van der Waals surface area contributed by atoms with Crippen molar-refractivity contribution >= 4 is 86.2 Å². The van der Waals surface area contributed by atoms with Crippen molar-refractivity contribution in [3.8, 4) is 0 Å². The van der Waals surface area contributed by atoms with E-state index in [1.165, 1.54) is 0 Å². The number of hydrogen-bond acceptors (Lipinski definition) is 4. The molecular formula is C77H58O4. The molecule has 0 N–H and O–H groups in total. The Hall–Kier alpha value is -9.00. The maximum atomic E-state index is 8.70. The lowest BCUT2D eigenvalue weighted by Gasteiger charge is -2.58. The van der Waals surface area contributed by atoms with Gasteiger partial charge < -0.3 is 18.9 Å². The topological polar surface area (TPSA) is 36.9 Å². The highest BCUT2D eigenvalue weighted by atomic mass is 16.8. The van der Waals surface area contributed by atoms with E-state index in [0.29, 0.717) is 0 Å². The predicted octanol–water partition coefficient (Wildman–Crippen LogP) is 19.1. The van der Waals surface area contributed by atoms with Crippen molar-refractivity contribution in [3.63, 3.8) is 0 Å². The third-order valence-corrected chi connectivity index (χ3v) is 17.4. The standard InChI is InChI=1S/C77H58O4/c1-74(2)80-51-75(81-74,76(78-49-52-25-5-3-6-26-52,70-45-54-29-9-13-33-58(54)62-37-17-21-41-66(62)70)71-46-55-30-10-14-34-59(55)63-38-18-22-42-67(63)71)77(79-50-53-27-7-4-8-28-53,72-47-56-31-11-15-35-60(56)64-39-19-23-43-68(64)72)73-48-57-32-12-16-36-61(57)65-40-20-24-44-69(65)73/h3-48H,49-51H2,1-2H3. The summed E-state index contributed by atoms with van der Waals surface area (Å²) in [5.41, 5.74) is 0.714. The molecule has 14 aromatic rings. The van der Waals surface area contributed by atoms with Gasteiger partial charge in [0.05, 0.1) is 19.8 Å². The van der Waals surface area contributed by atoms with Crippen molar-refractivity contribution in [1.82, 2.24) is 0 Å². The van der Waals surface area contributed by atoms with Gasteiger partial charge >= 0.3 is 0 Å². The average Bonchev–Trinajstić information content (AvgIpc) is 3.80. The Kier molecular flexibility index (Phi) is 11.7. The number of rotatable bonds is 12. The smallest absolute Gasteiger partial charge is 0.169 e. The lowest BCUT2D eigenvalue weighted by Crippen LogP contribution is -2.69. The Morgan fingerprint density at radius 2 is 0.556 bits per heavy atom. The molecule has 0 radical (unpaired) electrons. The molecule has 0 bridgehead atoms. The van der Waals surface area contributed by atoms with Gasteiger partial charge in [-0.15, -0.1) is 0 Å². The molecule has 1 heterocycles. The molecule has 0 amide bonds. The predicted molar refractivity (Wildman–Crippen MR) is 334 cm³/mol. The van der Waals surface area contributed by atoms with E-state index >= 15 is 0 Å². The van der Waals surface area contributed by atoms with Crippen molar-refractivity contribution < 1.29 is 18.9 Å². The van der Waals surface area contributed by atoms with E-state index < -0.39 is 22.6 Å². The van der Waals surface area contributed by atoms with E-state index in [0.717, 1.165) is 120 Å². The summed E-state index contributed by atoms with van der Waals surface area (Å²) < 4.78 is 33.6. The van der Waals surface area contributed by atoms with Crippen LogP contribution in [0.3, 0.4) is 0 Å². The molecule has 4 heteroatoms. The monoisotopic (exact) mass is 1050 g/mol. The highest BCUT2D eigenvalue weighted by molar-refractivity contribution is 6.14.